The number of benzene rings is 1. The summed E-state index contributed by atoms with van der Waals surface area (Å²) in [5.74, 6) is 0. The molecular formula is C13H14BrClN2O2S2. The van der Waals surface area contributed by atoms with Crippen LogP contribution in [0, 0.1) is 0 Å². The monoisotopic (exact) mass is 408 g/mol. The highest BCUT2D eigenvalue weighted by Gasteiger charge is 2.15. The molecule has 1 aromatic heterocycles. The summed E-state index contributed by atoms with van der Waals surface area (Å²) in [6.45, 7) is 0.543. The molecule has 0 spiro atoms. The lowest BCUT2D eigenvalue weighted by molar-refractivity contribution is 0.581. The van der Waals surface area contributed by atoms with Crippen LogP contribution >= 0.6 is 38.9 Å². The number of halogens is 2. The van der Waals surface area contributed by atoms with Gasteiger partial charge in [-0.05, 0) is 58.2 Å². The Morgan fingerprint density at radius 3 is 2.67 bits per heavy atom. The average molecular weight is 410 g/mol. The minimum atomic E-state index is -3.54. The number of nitrogens with two attached hydrogens (primary N) is 1. The number of sulfonamides is 1. The van der Waals surface area contributed by atoms with Crippen molar-refractivity contribution in [3.8, 4) is 0 Å². The molecule has 0 bridgehead atoms. The highest BCUT2D eigenvalue weighted by Crippen LogP contribution is 2.23. The SMILES string of the molecule is NCc1cc(S(=O)(=O)NCCc2ccc(Br)s2)ccc1Cl. The molecular weight excluding hydrogens is 396 g/mol. The van der Waals surface area contributed by atoms with Gasteiger partial charge in [0.05, 0.1) is 8.68 Å². The van der Waals surface area contributed by atoms with Gasteiger partial charge in [0.2, 0.25) is 10.0 Å². The van der Waals surface area contributed by atoms with Crippen molar-refractivity contribution in [3.05, 3.63) is 49.6 Å². The van der Waals surface area contributed by atoms with Crippen molar-refractivity contribution in [1.29, 1.82) is 0 Å². The lowest BCUT2D eigenvalue weighted by atomic mass is 10.2. The Kier molecular flexibility index (Phi) is 5.81. The summed E-state index contributed by atoms with van der Waals surface area (Å²) in [4.78, 5) is 1.29. The number of thiophene rings is 1. The van der Waals surface area contributed by atoms with Crippen molar-refractivity contribution in [1.82, 2.24) is 4.72 Å². The first kappa shape index (κ1) is 16.9. The Hall–Kier alpha value is -0.440. The number of hydrogen-bond acceptors (Lipinski definition) is 4. The Labute approximate surface area is 141 Å². The van der Waals surface area contributed by atoms with Crippen molar-refractivity contribution in [2.45, 2.75) is 17.9 Å². The van der Waals surface area contributed by atoms with Gasteiger partial charge in [-0.25, -0.2) is 13.1 Å². The minimum absolute atomic E-state index is 0.180. The first-order chi connectivity index (χ1) is 9.92. The lowest BCUT2D eigenvalue weighted by Crippen LogP contribution is -2.26. The quantitative estimate of drug-likeness (QED) is 0.770. The second-order valence-electron chi connectivity index (χ2n) is 4.31. The van der Waals surface area contributed by atoms with Gasteiger partial charge in [0.25, 0.3) is 0 Å². The highest BCUT2D eigenvalue weighted by atomic mass is 79.9. The van der Waals surface area contributed by atoms with E-state index < -0.39 is 10.0 Å². The molecule has 0 aliphatic rings. The van der Waals surface area contributed by atoms with Crippen LogP contribution in [0.1, 0.15) is 10.4 Å². The van der Waals surface area contributed by atoms with Crippen LogP contribution in [0.15, 0.2) is 39.0 Å². The molecule has 0 fully saturated rings. The third kappa shape index (κ3) is 4.51. The van der Waals surface area contributed by atoms with E-state index in [4.69, 9.17) is 17.3 Å². The van der Waals surface area contributed by atoms with E-state index in [1.54, 1.807) is 17.4 Å². The van der Waals surface area contributed by atoms with Crippen molar-refractivity contribution in [2.75, 3.05) is 6.54 Å². The highest BCUT2D eigenvalue weighted by molar-refractivity contribution is 9.11. The van der Waals surface area contributed by atoms with Gasteiger partial charge in [-0.2, -0.15) is 0 Å². The maximum Gasteiger partial charge on any atom is 0.240 e. The second-order valence-corrected chi connectivity index (χ2v) is 9.03. The molecule has 1 heterocycles. The average Bonchev–Trinajstić information content (AvgIpc) is 2.84. The van der Waals surface area contributed by atoms with Gasteiger partial charge in [0, 0.05) is 23.0 Å². The van der Waals surface area contributed by atoms with E-state index in [2.05, 4.69) is 20.7 Å². The molecule has 0 saturated heterocycles. The van der Waals surface area contributed by atoms with E-state index in [1.807, 2.05) is 12.1 Å². The van der Waals surface area contributed by atoms with Crippen LogP contribution in [-0.4, -0.2) is 15.0 Å². The standard InChI is InChI=1S/C13H14BrClN2O2S2/c14-13-4-1-10(20-13)5-6-17-21(18,19)11-2-3-12(15)9(7-11)8-16/h1-4,7,17H,5-6,8,16H2. The number of nitrogens with one attached hydrogen (secondary N) is 1. The third-order valence-corrected chi connectivity index (χ3v) is 6.35. The van der Waals surface area contributed by atoms with E-state index in [9.17, 15) is 8.42 Å². The molecule has 0 aliphatic carbocycles. The largest absolute Gasteiger partial charge is 0.326 e. The van der Waals surface area contributed by atoms with Crippen LogP contribution in [0.2, 0.25) is 5.02 Å². The van der Waals surface area contributed by atoms with E-state index >= 15 is 0 Å². The minimum Gasteiger partial charge on any atom is -0.326 e. The zero-order valence-corrected chi connectivity index (χ0v) is 14.9. The molecule has 0 atom stereocenters. The van der Waals surface area contributed by atoms with Crippen LogP contribution in [0.5, 0.6) is 0 Å². The zero-order valence-electron chi connectivity index (χ0n) is 11.0. The van der Waals surface area contributed by atoms with Gasteiger partial charge in [-0.1, -0.05) is 11.6 Å². The van der Waals surface area contributed by atoms with Gasteiger partial charge in [0.1, 0.15) is 0 Å². The maximum absolute atomic E-state index is 12.2. The second kappa shape index (κ2) is 7.21. The van der Waals surface area contributed by atoms with Crippen LogP contribution in [-0.2, 0) is 23.0 Å². The fraction of sp³-hybridized carbons (Fsp3) is 0.231. The molecule has 2 aromatic rings. The van der Waals surface area contributed by atoms with Crippen molar-refractivity contribution < 1.29 is 8.42 Å². The molecule has 2 rings (SSSR count). The molecule has 21 heavy (non-hydrogen) atoms. The van der Waals surface area contributed by atoms with Crippen molar-refractivity contribution in [3.63, 3.8) is 0 Å². The molecule has 0 saturated carbocycles. The normalized spacial score (nSPS) is 11.8. The fourth-order valence-corrected chi connectivity index (χ4v) is 4.51. The lowest BCUT2D eigenvalue weighted by Gasteiger charge is -2.08. The molecule has 3 N–H and O–H groups in total. The summed E-state index contributed by atoms with van der Waals surface area (Å²) in [5, 5.41) is 0.472. The van der Waals surface area contributed by atoms with Crippen molar-refractivity contribution >= 4 is 48.9 Å². The molecule has 0 amide bonds. The molecule has 114 valence electrons. The van der Waals surface area contributed by atoms with Crippen LogP contribution in [0.25, 0.3) is 0 Å². The molecule has 1 aromatic carbocycles. The molecule has 4 nitrogen and oxygen atoms in total. The van der Waals surface area contributed by atoms with Gasteiger partial charge < -0.3 is 5.73 Å². The van der Waals surface area contributed by atoms with Gasteiger partial charge in [-0.3, -0.25) is 0 Å². The summed E-state index contributed by atoms with van der Waals surface area (Å²) in [7, 11) is -3.54. The van der Waals surface area contributed by atoms with E-state index in [-0.39, 0.29) is 11.4 Å². The summed E-state index contributed by atoms with van der Waals surface area (Å²) in [6, 6.07) is 8.45. The van der Waals surface area contributed by atoms with Gasteiger partial charge in [0.15, 0.2) is 0 Å². The maximum atomic E-state index is 12.2. The van der Waals surface area contributed by atoms with Crippen LogP contribution < -0.4 is 10.5 Å². The van der Waals surface area contributed by atoms with Crippen LogP contribution in [0.3, 0.4) is 0 Å². The molecule has 8 heteroatoms. The smallest absolute Gasteiger partial charge is 0.240 e. The number of rotatable bonds is 6. The third-order valence-electron chi connectivity index (χ3n) is 2.84. The van der Waals surface area contributed by atoms with Gasteiger partial charge in [-0.15, -0.1) is 11.3 Å². The predicted molar refractivity (Wildman–Crippen MR) is 90.3 cm³/mol. The topological polar surface area (TPSA) is 72.2 Å². The molecule has 0 unspecified atom stereocenters. The number of hydrogen-bond donors (Lipinski definition) is 2. The Balaban J connectivity index is 2.04. The first-order valence-corrected chi connectivity index (χ1v) is 9.62. The van der Waals surface area contributed by atoms with Crippen LogP contribution in [0.4, 0.5) is 0 Å². The molecule has 0 aliphatic heterocycles. The Morgan fingerprint density at radius 2 is 2.05 bits per heavy atom. The summed E-state index contributed by atoms with van der Waals surface area (Å²) in [5.41, 5.74) is 6.15. The zero-order chi connectivity index (χ0) is 15.5. The first-order valence-electron chi connectivity index (χ1n) is 6.15. The summed E-state index contributed by atoms with van der Waals surface area (Å²) in [6.07, 6.45) is 0.646. The van der Waals surface area contributed by atoms with Crippen molar-refractivity contribution in [2.24, 2.45) is 5.73 Å². The van der Waals surface area contributed by atoms with E-state index in [0.717, 1.165) is 8.66 Å². The Morgan fingerprint density at radius 1 is 1.29 bits per heavy atom. The fourth-order valence-electron chi connectivity index (χ4n) is 1.75. The predicted octanol–water partition coefficient (Wildman–Crippen LogP) is 3.14. The Bertz CT molecular complexity index is 732. The summed E-state index contributed by atoms with van der Waals surface area (Å²) >= 11 is 10.9. The summed E-state index contributed by atoms with van der Waals surface area (Å²) < 4.78 is 28.0. The van der Waals surface area contributed by atoms with E-state index in [0.29, 0.717) is 23.6 Å². The van der Waals surface area contributed by atoms with Gasteiger partial charge >= 0.3 is 0 Å². The molecule has 0 radical (unpaired) electrons. The van der Waals surface area contributed by atoms with E-state index in [1.165, 1.54) is 12.1 Å².